The highest BCUT2D eigenvalue weighted by molar-refractivity contribution is 5.91. The number of anilines is 1. The first-order valence-corrected chi connectivity index (χ1v) is 5.74. The van der Waals surface area contributed by atoms with Crippen molar-refractivity contribution < 1.29 is 14.7 Å². The van der Waals surface area contributed by atoms with Crippen LogP contribution in [0.3, 0.4) is 0 Å². The third-order valence-corrected chi connectivity index (χ3v) is 2.60. The van der Waals surface area contributed by atoms with E-state index in [1.54, 1.807) is 18.3 Å². The van der Waals surface area contributed by atoms with Crippen LogP contribution >= 0.6 is 0 Å². The van der Waals surface area contributed by atoms with Gasteiger partial charge in [0.15, 0.2) is 0 Å². The fourth-order valence-corrected chi connectivity index (χ4v) is 1.43. The van der Waals surface area contributed by atoms with Crippen LogP contribution in [0.4, 0.5) is 10.5 Å². The van der Waals surface area contributed by atoms with Crippen molar-refractivity contribution in [3.05, 3.63) is 24.5 Å². The van der Waals surface area contributed by atoms with Gasteiger partial charge in [0.05, 0.1) is 11.9 Å². The van der Waals surface area contributed by atoms with Crippen molar-refractivity contribution in [3.8, 4) is 0 Å². The summed E-state index contributed by atoms with van der Waals surface area (Å²) in [5.74, 6) is -1.03. The van der Waals surface area contributed by atoms with E-state index in [0.29, 0.717) is 12.1 Å². The third kappa shape index (κ3) is 4.04. The Morgan fingerprint density at radius 3 is 2.78 bits per heavy atom. The molecule has 18 heavy (non-hydrogen) atoms. The van der Waals surface area contributed by atoms with E-state index in [-0.39, 0.29) is 12.6 Å². The summed E-state index contributed by atoms with van der Waals surface area (Å²) < 4.78 is 0. The molecule has 0 bridgehead atoms. The molecule has 0 fully saturated rings. The van der Waals surface area contributed by atoms with Gasteiger partial charge in [0.2, 0.25) is 0 Å². The predicted octanol–water partition coefficient (Wildman–Crippen LogP) is 1.80. The predicted molar refractivity (Wildman–Crippen MR) is 67.4 cm³/mol. The zero-order chi connectivity index (χ0) is 13.5. The number of rotatable bonds is 5. The van der Waals surface area contributed by atoms with Gasteiger partial charge in [0, 0.05) is 12.2 Å². The number of amides is 2. The number of carboxylic acid groups (broad SMARTS) is 1. The van der Waals surface area contributed by atoms with Crippen LogP contribution in [0.15, 0.2) is 24.5 Å². The van der Waals surface area contributed by atoms with Crippen molar-refractivity contribution in [2.75, 3.05) is 11.9 Å². The number of aromatic nitrogens is 1. The molecule has 1 aromatic rings. The molecule has 0 saturated carbocycles. The number of carboxylic acids is 1. The second-order valence-corrected chi connectivity index (χ2v) is 3.95. The first-order chi connectivity index (χ1) is 8.54. The molecule has 0 aliphatic heterocycles. The van der Waals surface area contributed by atoms with E-state index in [9.17, 15) is 9.59 Å². The Kier molecular flexibility index (Phi) is 5.10. The monoisotopic (exact) mass is 251 g/mol. The van der Waals surface area contributed by atoms with Crippen LogP contribution in [0.2, 0.25) is 0 Å². The maximum absolute atomic E-state index is 12.0. The maximum atomic E-state index is 12.0. The second-order valence-electron chi connectivity index (χ2n) is 3.95. The van der Waals surface area contributed by atoms with Gasteiger partial charge in [-0.15, -0.1) is 0 Å². The molecule has 2 N–H and O–H groups in total. The van der Waals surface area contributed by atoms with E-state index in [0.717, 1.165) is 0 Å². The summed E-state index contributed by atoms with van der Waals surface area (Å²) in [6.07, 6.45) is 3.79. The largest absolute Gasteiger partial charge is 0.480 e. The van der Waals surface area contributed by atoms with E-state index in [4.69, 9.17) is 5.11 Å². The topological polar surface area (TPSA) is 82.5 Å². The minimum Gasteiger partial charge on any atom is -0.480 e. The summed E-state index contributed by atoms with van der Waals surface area (Å²) in [5.41, 5.74) is 0.543. The van der Waals surface area contributed by atoms with Crippen molar-refractivity contribution in [3.63, 3.8) is 0 Å². The Hall–Kier alpha value is -2.11. The zero-order valence-corrected chi connectivity index (χ0v) is 10.5. The summed E-state index contributed by atoms with van der Waals surface area (Å²) in [6, 6.07) is 2.82. The van der Waals surface area contributed by atoms with Gasteiger partial charge in [-0.25, -0.2) is 4.79 Å². The highest BCUT2D eigenvalue weighted by Gasteiger charge is 2.21. The average Bonchev–Trinajstić information content (AvgIpc) is 2.36. The lowest BCUT2D eigenvalue weighted by atomic mass is 10.2. The number of urea groups is 1. The first kappa shape index (κ1) is 14.0. The SMILES string of the molecule is CCC(C)N(CC(=O)O)C(=O)Nc1cccnc1. The molecule has 6 nitrogen and oxygen atoms in total. The van der Waals surface area contributed by atoms with E-state index >= 15 is 0 Å². The smallest absolute Gasteiger partial charge is 0.323 e. The normalized spacial score (nSPS) is 11.7. The van der Waals surface area contributed by atoms with Crippen molar-refractivity contribution in [1.29, 1.82) is 0 Å². The Balaban J connectivity index is 2.73. The Morgan fingerprint density at radius 2 is 2.28 bits per heavy atom. The second kappa shape index (κ2) is 6.58. The van der Waals surface area contributed by atoms with Gasteiger partial charge < -0.3 is 15.3 Å². The van der Waals surface area contributed by atoms with Crippen LogP contribution in [-0.2, 0) is 4.79 Å². The molecule has 1 aromatic heterocycles. The van der Waals surface area contributed by atoms with Crippen molar-refractivity contribution >= 4 is 17.7 Å². The molecule has 1 atom stereocenters. The molecular weight excluding hydrogens is 234 g/mol. The molecule has 1 rings (SSSR count). The summed E-state index contributed by atoms with van der Waals surface area (Å²) in [6.45, 7) is 3.39. The molecule has 1 unspecified atom stereocenters. The van der Waals surface area contributed by atoms with Gasteiger partial charge in [0.25, 0.3) is 0 Å². The molecule has 0 saturated heterocycles. The standard InChI is InChI=1S/C12H17N3O3/c1-3-9(2)15(8-11(16)17)12(18)14-10-5-4-6-13-7-10/h4-7,9H,3,8H2,1-2H3,(H,14,18)(H,16,17). The first-order valence-electron chi connectivity index (χ1n) is 5.74. The molecule has 6 heteroatoms. The molecule has 0 aliphatic carbocycles. The Bertz CT molecular complexity index is 408. The summed E-state index contributed by atoms with van der Waals surface area (Å²) in [4.78, 5) is 27.9. The third-order valence-electron chi connectivity index (χ3n) is 2.60. The van der Waals surface area contributed by atoms with Crippen LogP contribution in [-0.4, -0.2) is 39.6 Å². The number of nitrogens with zero attached hydrogens (tertiary/aromatic N) is 2. The number of carbonyl (C=O) groups is 2. The minimum absolute atomic E-state index is 0.141. The lowest BCUT2D eigenvalue weighted by molar-refractivity contribution is -0.138. The van der Waals surface area contributed by atoms with Crippen LogP contribution in [0.5, 0.6) is 0 Å². The lowest BCUT2D eigenvalue weighted by Gasteiger charge is -2.26. The molecule has 98 valence electrons. The average molecular weight is 251 g/mol. The molecule has 2 amide bonds. The van der Waals surface area contributed by atoms with Gasteiger partial charge in [-0.1, -0.05) is 6.92 Å². The van der Waals surface area contributed by atoms with E-state index in [2.05, 4.69) is 10.3 Å². The van der Waals surface area contributed by atoms with Gasteiger partial charge in [0.1, 0.15) is 6.54 Å². The van der Waals surface area contributed by atoms with Crippen LogP contribution < -0.4 is 5.32 Å². The summed E-state index contributed by atoms with van der Waals surface area (Å²) in [7, 11) is 0. The van der Waals surface area contributed by atoms with E-state index in [1.165, 1.54) is 11.1 Å². The quantitative estimate of drug-likeness (QED) is 0.835. The van der Waals surface area contributed by atoms with Crippen LogP contribution in [0.1, 0.15) is 20.3 Å². The number of hydrogen-bond acceptors (Lipinski definition) is 3. The van der Waals surface area contributed by atoms with Gasteiger partial charge in [-0.3, -0.25) is 9.78 Å². The summed E-state index contributed by atoms with van der Waals surface area (Å²) in [5, 5.41) is 11.4. The minimum atomic E-state index is -1.03. The van der Waals surface area contributed by atoms with Crippen molar-refractivity contribution in [2.45, 2.75) is 26.3 Å². The Morgan fingerprint density at radius 1 is 1.56 bits per heavy atom. The number of carbonyl (C=O) groups excluding carboxylic acids is 1. The Labute approximate surface area is 106 Å². The highest BCUT2D eigenvalue weighted by Crippen LogP contribution is 2.09. The molecule has 0 aliphatic rings. The molecule has 0 spiro atoms. The molecule has 1 heterocycles. The van der Waals surface area contributed by atoms with Crippen LogP contribution in [0, 0.1) is 0 Å². The van der Waals surface area contributed by atoms with Gasteiger partial charge in [-0.05, 0) is 25.5 Å². The van der Waals surface area contributed by atoms with Crippen molar-refractivity contribution in [1.82, 2.24) is 9.88 Å². The molecule has 0 radical (unpaired) electrons. The number of aliphatic carboxylic acids is 1. The number of pyridine rings is 1. The van der Waals surface area contributed by atoms with E-state index < -0.39 is 12.0 Å². The fourth-order valence-electron chi connectivity index (χ4n) is 1.43. The number of hydrogen-bond donors (Lipinski definition) is 2. The highest BCUT2D eigenvalue weighted by atomic mass is 16.4. The van der Waals surface area contributed by atoms with Crippen molar-refractivity contribution in [2.24, 2.45) is 0 Å². The lowest BCUT2D eigenvalue weighted by Crippen LogP contribution is -2.44. The zero-order valence-electron chi connectivity index (χ0n) is 10.5. The van der Waals surface area contributed by atoms with Gasteiger partial charge in [-0.2, -0.15) is 0 Å². The molecular formula is C12H17N3O3. The number of nitrogens with one attached hydrogen (secondary N) is 1. The van der Waals surface area contributed by atoms with Gasteiger partial charge >= 0.3 is 12.0 Å². The maximum Gasteiger partial charge on any atom is 0.323 e. The summed E-state index contributed by atoms with van der Waals surface area (Å²) >= 11 is 0. The van der Waals surface area contributed by atoms with E-state index in [1.807, 2.05) is 13.8 Å². The fraction of sp³-hybridized carbons (Fsp3) is 0.417. The van der Waals surface area contributed by atoms with Crippen LogP contribution in [0.25, 0.3) is 0 Å². The molecule has 0 aromatic carbocycles.